The Balaban J connectivity index is 0.00000312. The van der Waals surface area contributed by atoms with E-state index in [0.29, 0.717) is 13.2 Å². The number of nitrogens with zero attached hydrogens (tertiary/aromatic N) is 2. The molecule has 0 bridgehead atoms. The lowest BCUT2D eigenvalue weighted by Gasteiger charge is -2.30. The summed E-state index contributed by atoms with van der Waals surface area (Å²) < 4.78 is 11.4. The molecule has 0 aromatic heterocycles. The van der Waals surface area contributed by atoms with Gasteiger partial charge in [-0.15, -0.1) is 24.0 Å². The van der Waals surface area contributed by atoms with E-state index in [1.807, 2.05) is 25.1 Å². The second kappa shape index (κ2) is 12.3. The highest BCUT2D eigenvalue weighted by atomic mass is 127. The number of hydrogen-bond donors (Lipinski definition) is 2. The smallest absolute Gasteiger partial charge is 0.191 e. The first kappa shape index (κ1) is 22.0. The lowest BCUT2D eigenvalue weighted by atomic mass is 10.2. The molecule has 2 rings (SSSR count). The van der Waals surface area contributed by atoms with Crippen LogP contribution >= 0.6 is 24.0 Å². The Morgan fingerprint density at radius 3 is 2.84 bits per heavy atom. The highest BCUT2D eigenvalue weighted by Gasteiger charge is 2.17. The number of aliphatic imine (C=N–C) groups is 1. The summed E-state index contributed by atoms with van der Waals surface area (Å²) in [5, 5.41) is 6.66. The summed E-state index contributed by atoms with van der Waals surface area (Å²) in [6.07, 6.45) is 0.198. The summed E-state index contributed by atoms with van der Waals surface area (Å²) in [6.45, 7) is 9.61. The van der Waals surface area contributed by atoms with Gasteiger partial charge in [-0.1, -0.05) is 18.2 Å². The average Bonchev–Trinajstić information content (AvgIpc) is 2.59. The van der Waals surface area contributed by atoms with Crippen LogP contribution in [0.15, 0.2) is 29.3 Å². The largest absolute Gasteiger partial charge is 0.494 e. The Morgan fingerprint density at radius 2 is 2.12 bits per heavy atom. The molecule has 1 aliphatic heterocycles. The first-order valence-electron chi connectivity index (χ1n) is 8.76. The monoisotopic (exact) mass is 462 g/mol. The van der Waals surface area contributed by atoms with E-state index >= 15 is 0 Å². The maximum absolute atomic E-state index is 5.78. The number of guanidine groups is 1. The van der Waals surface area contributed by atoms with E-state index in [0.717, 1.165) is 50.1 Å². The van der Waals surface area contributed by atoms with Crippen molar-refractivity contribution in [1.29, 1.82) is 0 Å². The number of ether oxygens (including phenoxy) is 2. The molecule has 1 atom stereocenters. The van der Waals surface area contributed by atoms with Crippen LogP contribution in [-0.2, 0) is 11.3 Å². The van der Waals surface area contributed by atoms with Crippen molar-refractivity contribution in [3.8, 4) is 5.75 Å². The first-order chi connectivity index (χ1) is 11.7. The number of hydrogen-bond acceptors (Lipinski definition) is 4. The SMILES string of the molecule is CCNC(=NCc1ccccc1OCC)NCC1CN(C)CCO1.I. The number of likely N-dealkylation sites (N-methyl/N-ethyl adjacent to an activating group) is 1. The minimum Gasteiger partial charge on any atom is -0.494 e. The maximum atomic E-state index is 5.78. The normalized spacial score (nSPS) is 18.4. The third-order valence-corrected chi connectivity index (χ3v) is 3.86. The van der Waals surface area contributed by atoms with Gasteiger partial charge >= 0.3 is 0 Å². The van der Waals surface area contributed by atoms with Gasteiger partial charge in [0.25, 0.3) is 0 Å². The predicted octanol–water partition coefficient (Wildman–Crippen LogP) is 2.09. The highest BCUT2D eigenvalue weighted by Crippen LogP contribution is 2.18. The van der Waals surface area contributed by atoms with Gasteiger partial charge in [-0.2, -0.15) is 0 Å². The molecule has 0 saturated carbocycles. The van der Waals surface area contributed by atoms with E-state index < -0.39 is 0 Å². The van der Waals surface area contributed by atoms with Gasteiger partial charge in [-0.25, -0.2) is 4.99 Å². The molecule has 1 heterocycles. The summed E-state index contributed by atoms with van der Waals surface area (Å²) in [7, 11) is 2.12. The molecule has 142 valence electrons. The average molecular weight is 462 g/mol. The minimum atomic E-state index is 0. The van der Waals surface area contributed by atoms with Crippen LogP contribution in [0.5, 0.6) is 5.75 Å². The minimum absolute atomic E-state index is 0. The Hall–Kier alpha value is -1.06. The van der Waals surface area contributed by atoms with Gasteiger partial charge in [0.2, 0.25) is 0 Å². The summed E-state index contributed by atoms with van der Waals surface area (Å²) in [5.74, 6) is 1.71. The molecule has 0 aliphatic carbocycles. The number of nitrogens with one attached hydrogen (secondary N) is 2. The molecule has 25 heavy (non-hydrogen) atoms. The van der Waals surface area contributed by atoms with Crippen LogP contribution in [0.1, 0.15) is 19.4 Å². The number of para-hydroxylation sites is 1. The Morgan fingerprint density at radius 1 is 1.32 bits per heavy atom. The van der Waals surface area contributed by atoms with Gasteiger partial charge in [-0.05, 0) is 27.0 Å². The van der Waals surface area contributed by atoms with Crippen molar-refractivity contribution in [2.24, 2.45) is 4.99 Å². The summed E-state index contributed by atoms with van der Waals surface area (Å²) in [6, 6.07) is 8.04. The summed E-state index contributed by atoms with van der Waals surface area (Å²) in [4.78, 5) is 6.97. The molecule has 0 spiro atoms. The molecule has 0 amide bonds. The van der Waals surface area contributed by atoms with Gasteiger partial charge in [0.05, 0.1) is 25.9 Å². The van der Waals surface area contributed by atoms with Crippen LogP contribution in [0.3, 0.4) is 0 Å². The van der Waals surface area contributed by atoms with Crippen molar-refractivity contribution >= 4 is 29.9 Å². The zero-order valence-electron chi connectivity index (χ0n) is 15.5. The Kier molecular flexibility index (Phi) is 10.8. The van der Waals surface area contributed by atoms with Gasteiger partial charge in [-0.3, -0.25) is 0 Å². The zero-order valence-corrected chi connectivity index (χ0v) is 17.8. The van der Waals surface area contributed by atoms with Crippen LogP contribution in [-0.4, -0.2) is 63.4 Å². The molecule has 1 unspecified atom stereocenters. The summed E-state index contributed by atoms with van der Waals surface area (Å²) in [5.41, 5.74) is 1.09. The quantitative estimate of drug-likeness (QED) is 0.369. The molecular formula is C18H31IN4O2. The van der Waals surface area contributed by atoms with E-state index in [1.54, 1.807) is 0 Å². The van der Waals surface area contributed by atoms with Gasteiger partial charge < -0.3 is 25.0 Å². The number of rotatable bonds is 7. The number of halogens is 1. The van der Waals surface area contributed by atoms with Crippen molar-refractivity contribution in [2.45, 2.75) is 26.5 Å². The van der Waals surface area contributed by atoms with Crippen LogP contribution in [0.2, 0.25) is 0 Å². The molecule has 2 N–H and O–H groups in total. The van der Waals surface area contributed by atoms with Gasteiger partial charge in [0, 0.05) is 31.7 Å². The maximum Gasteiger partial charge on any atom is 0.191 e. The zero-order chi connectivity index (χ0) is 17.2. The van der Waals surface area contributed by atoms with Crippen molar-refractivity contribution in [3.05, 3.63) is 29.8 Å². The van der Waals surface area contributed by atoms with E-state index in [2.05, 4.69) is 40.6 Å². The standard InChI is InChI=1S/C18H30N4O2.HI/c1-4-19-18(21-13-16-14-22(3)10-11-24-16)20-12-15-8-6-7-9-17(15)23-5-2;/h6-9,16H,4-5,10-14H2,1-3H3,(H2,19,20,21);1H. The Bertz CT molecular complexity index is 528. The molecule has 0 radical (unpaired) electrons. The fourth-order valence-corrected chi connectivity index (χ4v) is 2.64. The van der Waals surface area contributed by atoms with Crippen molar-refractivity contribution in [3.63, 3.8) is 0 Å². The molecule has 1 aliphatic rings. The third kappa shape index (κ3) is 7.79. The second-order valence-corrected chi connectivity index (χ2v) is 5.87. The van der Waals surface area contributed by atoms with Gasteiger partial charge in [0.1, 0.15) is 5.75 Å². The van der Waals surface area contributed by atoms with Crippen LogP contribution in [0, 0.1) is 0 Å². The molecule has 6 nitrogen and oxygen atoms in total. The van der Waals surface area contributed by atoms with Crippen molar-refractivity contribution < 1.29 is 9.47 Å². The van der Waals surface area contributed by atoms with E-state index in [4.69, 9.17) is 9.47 Å². The van der Waals surface area contributed by atoms with Crippen LogP contribution < -0.4 is 15.4 Å². The second-order valence-electron chi connectivity index (χ2n) is 5.87. The predicted molar refractivity (Wildman–Crippen MR) is 113 cm³/mol. The molecule has 1 saturated heterocycles. The molecule has 7 heteroatoms. The Labute approximate surface area is 168 Å². The molecular weight excluding hydrogens is 431 g/mol. The van der Waals surface area contributed by atoms with Crippen LogP contribution in [0.25, 0.3) is 0 Å². The summed E-state index contributed by atoms with van der Waals surface area (Å²) >= 11 is 0. The topological polar surface area (TPSA) is 58.1 Å². The van der Waals surface area contributed by atoms with Crippen molar-refractivity contribution in [1.82, 2.24) is 15.5 Å². The lowest BCUT2D eigenvalue weighted by Crippen LogP contribution is -2.48. The lowest BCUT2D eigenvalue weighted by molar-refractivity contribution is -0.0161. The molecule has 1 aromatic carbocycles. The molecule has 1 aromatic rings. The first-order valence-corrected chi connectivity index (χ1v) is 8.76. The van der Waals surface area contributed by atoms with Crippen LogP contribution in [0.4, 0.5) is 0 Å². The highest BCUT2D eigenvalue weighted by molar-refractivity contribution is 14.0. The molecule has 1 fully saturated rings. The van der Waals surface area contributed by atoms with Crippen molar-refractivity contribution in [2.75, 3.05) is 46.4 Å². The third-order valence-electron chi connectivity index (χ3n) is 3.86. The number of benzene rings is 1. The number of morpholine rings is 1. The van der Waals surface area contributed by atoms with Gasteiger partial charge in [0.15, 0.2) is 5.96 Å². The fraction of sp³-hybridized carbons (Fsp3) is 0.611. The fourth-order valence-electron chi connectivity index (χ4n) is 2.64. The van der Waals surface area contributed by atoms with E-state index in [1.165, 1.54) is 0 Å². The van der Waals surface area contributed by atoms with E-state index in [9.17, 15) is 0 Å². The van der Waals surface area contributed by atoms with E-state index in [-0.39, 0.29) is 30.1 Å².